The summed E-state index contributed by atoms with van der Waals surface area (Å²) in [6, 6.07) is 17.6. The molecule has 2 amide bonds. The highest BCUT2D eigenvalue weighted by atomic mass is 16.3. The van der Waals surface area contributed by atoms with Gasteiger partial charge in [0.25, 0.3) is 0 Å². The summed E-state index contributed by atoms with van der Waals surface area (Å²) in [5.41, 5.74) is 2.17. The number of nitrogens with zero attached hydrogens (tertiary/aromatic N) is 1. The van der Waals surface area contributed by atoms with Gasteiger partial charge in [0.15, 0.2) is 0 Å². The first-order chi connectivity index (χ1) is 14.5. The zero-order valence-corrected chi connectivity index (χ0v) is 17.1. The van der Waals surface area contributed by atoms with Gasteiger partial charge in [-0.2, -0.15) is 0 Å². The molecule has 3 N–H and O–H groups in total. The summed E-state index contributed by atoms with van der Waals surface area (Å²) in [5, 5.41) is 15.1. The predicted molar refractivity (Wildman–Crippen MR) is 116 cm³/mol. The molecule has 2 heterocycles. The van der Waals surface area contributed by atoms with Gasteiger partial charge in [-0.15, -0.1) is 0 Å². The largest absolute Gasteiger partial charge is 0.388 e. The molecule has 1 fully saturated rings. The Morgan fingerprint density at radius 3 is 2.63 bits per heavy atom. The molecule has 0 radical (unpaired) electrons. The summed E-state index contributed by atoms with van der Waals surface area (Å²) >= 11 is 0. The molecule has 30 heavy (non-hydrogen) atoms. The van der Waals surface area contributed by atoms with Gasteiger partial charge in [0, 0.05) is 43.5 Å². The van der Waals surface area contributed by atoms with Crippen molar-refractivity contribution in [2.24, 2.45) is 0 Å². The van der Waals surface area contributed by atoms with Crippen LogP contribution < -0.4 is 5.32 Å². The molecule has 4 rings (SSSR count). The first-order valence-corrected chi connectivity index (χ1v) is 10.3. The lowest BCUT2D eigenvalue weighted by molar-refractivity contribution is -0.138. The fourth-order valence-corrected chi connectivity index (χ4v) is 4.50. The average molecular weight is 405 g/mol. The van der Waals surface area contributed by atoms with Crippen LogP contribution in [0.3, 0.4) is 0 Å². The number of aliphatic hydroxyl groups excluding tert-OH is 1. The number of hydrogen-bond donors (Lipinski definition) is 3. The Morgan fingerprint density at radius 1 is 1.17 bits per heavy atom. The molecular formula is C24H27N3O3. The summed E-state index contributed by atoms with van der Waals surface area (Å²) < 4.78 is 0. The molecule has 6 nitrogen and oxygen atoms in total. The van der Waals surface area contributed by atoms with Gasteiger partial charge in [0.1, 0.15) is 0 Å². The number of aliphatic hydroxyl groups is 1. The van der Waals surface area contributed by atoms with Crippen molar-refractivity contribution in [1.29, 1.82) is 0 Å². The van der Waals surface area contributed by atoms with E-state index in [1.54, 1.807) is 4.90 Å². The maximum Gasteiger partial charge on any atom is 0.222 e. The van der Waals surface area contributed by atoms with E-state index < -0.39 is 11.6 Å². The molecule has 1 aromatic heterocycles. The first kappa shape index (κ1) is 20.2. The molecule has 156 valence electrons. The number of carbonyl (C=O) groups is 2. The number of fused-ring (bicyclic) bond motifs is 1. The van der Waals surface area contributed by atoms with E-state index in [0.717, 1.165) is 22.0 Å². The number of H-pyrrole nitrogens is 1. The van der Waals surface area contributed by atoms with Gasteiger partial charge in [0.05, 0.1) is 11.6 Å². The number of β-amino-alcohol motifs (C(OH)–C–C–N with tert-alkyl or cyclic N) is 1. The molecule has 0 saturated carbocycles. The molecule has 1 aliphatic rings. The zero-order chi connectivity index (χ0) is 21.1. The number of aromatic amines is 1. The van der Waals surface area contributed by atoms with E-state index in [4.69, 9.17) is 0 Å². The number of aromatic nitrogens is 1. The number of aryl methyl sites for hydroxylation is 1. The van der Waals surface area contributed by atoms with E-state index in [-0.39, 0.29) is 18.4 Å². The van der Waals surface area contributed by atoms with Crippen LogP contribution in [0.4, 0.5) is 0 Å². The van der Waals surface area contributed by atoms with E-state index in [9.17, 15) is 14.7 Å². The van der Waals surface area contributed by atoms with Crippen LogP contribution in [0, 0.1) is 0 Å². The third-order valence-electron chi connectivity index (χ3n) is 6.06. The summed E-state index contributed by atoms with van der Waals surface area (Å²) in [6.45, 7) is 2.14. The lowest BCUT2D eigenvalue weighted by atomic mass is 9.78. The fourth-order valence-electron chi connectivity index (χ4n) is 4.50. The number of amides is 2. The second-order valence-corrected chi connectivity index (χ2v) is 7.98. The number of benzene rings is 2. The van der Waals surface area contributed by atoms with Crippen LogP contribution in [0.5, 0.6) is 0 Å². The van der Waals surface area contributed by atoms with Crippen LogP contribution in [-0.2, 0) is 21.5 Å². The quantitative estimate of drug-likeness (QED) is 0.610. The van der Waals surface area contributed by atoms with Gasteiger partial charge in [-0.25, -0.2) is 0 Å². The number of piperidine rings is 1. The van der Waals surface area contributed by atoms with E-state index in [0.29, 0.717) is 25.8 Å². The summed E-state index contributed by atoms with van der Waals surface area (Å²) in [4.78, 5) is 29.7. The van der Waals surface area contributed by atoms with Crippen molar-refractivity contribution in [1.82, 2.24) is 15.2 Å². The van der Waals surface area contributed by atoms with Crippen LogP contribution in [0.1, 0.15) is 30.9 Å². The highest BCUT2D eigenvalue weighted by Crippen LogP contribution is 2.34. The Morgan fingerprint density at radius 2 is 1.90 bits per heavy atom. The number of hydrogen-bond acceptors (Lipinski definition) is 3. The third-order valence-corrected chi connectivity index (χ3v) is 6.06. The lowest BCUT2D eigenvalue weighted by Gasteiger charge is -2.46. The van der Waals surface area contributed by atoms with Gasteiger partial charge in [-0.3, -0.25) is 9.59 Å². The highest BCUT2D eigenvalue weighted by molar-refractivity contribution is 5.84. The lowest BCUT2D eigenvalue weighted by Crippen LogP contribution is -2.62. The van der Waals surface area contributed by atoms with Crippen LogP contribution >= 0.6 is 0 Å². The molecule has 0 unspecified atom stereocenters. The summed E-state index contributed by atoms with van der Waals surface area (Å²) in [7, 11) is 0. The van der Waals surface area contributed by atoms with Gasteiger partial charge >= 0.3 is 0 Å². The maximum atomic E-state index is 12.9. The van der Waals surface area contributed by atoms with E-state index >= 15 is 0 Å². The Bertz CT molecular complexity index is 1050. The fraction of sp³-hybridized carbons (Fsp3) is 0.333. The highest BCUT2D eigenvalue weighted by Gasteiger charge is 2.45. The minimum absolute atomic E-state index is 0.0174. The average Bonchev–Trinajstić information content (AvgIpc) is 3.17. The number of para-hydroxylation sites is 1. The first-order valence-electron chi connectivity index (χ1n) is 10.3. The Kier molecular flexibility index (Phi) is 5.59. The topological polar surface area (TPSA) is 85.4 Å². The van der Waals surface area contributed by atoms with Crippen molar-refractivity contribution in [3.63, 3.8) is 0 Å². The Balaban J connectivity index is 1.45. The van der Waals surface area contributed by atoms with Crippen LogP contribution in [0.25, 0.3) is 10.9 Å². The second-order valence-electron chi connectivity index (χ2n) is 7.98. The van der Waals surface area contributed by atoms with Crippen molar-refractivity contribution in [3.05, 3.63) is 71.9 Å². The minimum atomic E-state index is -0.880. The predicted octanol–water partition coefficient (Wildman–Crippen LogP) is 2.73. The van der Waals surface area contributed by atoms with Crippen molar-refractivity contribution in [3.8, 4) is 0 Å². The van der Waals surface area contributed by atoms with E-state index in [1.165, 1.54) is 6.92 Å². The van der Waals surface area contributed by atoms with Crippen molar-refractivity contribution < 1.29 is 14.7 Å². The molecule has 0 spiro atoms. The monoisotopic (exact) mass is 405 g/mol. The summed E-state index contributed by atoms with van der Waals surface area (Å²) in [5.74, 6) is -0.180. The SMILES string of the molecule is CC(=O)N[C@@]1(c2ccccc2)CCN(C(=O)CCc2c[nH]c3ccccc23)C[C@H]1O. The zero-order valence-electron chi connectivity index (χ0n) is 17.1. The molecule has 0 bridgehead atoms. The van der Waals surface area contributed by atoms with Crippen molar-refractivity contribution in [2.45, 2.75) is 37.8 Å². The van der Waals surface area contributed by atoms with Crippen LogP contribution in [0.2, 0.25) is 0 Å². The maximum absolute atomic E-state index is 12.9. The summed E-state index contributed by atoms with van der Waals surface area (Å²) in [6.07, 6.45) is 2.57. The minimum Gasteiger partial charge on any atom is -0.388 e. The molecule has 2 aromatic carbocycles. The smallest absolute Gasteiger partial charge is 0.222 e. The number of likely N-dealkylation sites (tertiary alicyclic amines) is 1. The normalized spacial score (nSPS) is 21.5. The second kappa shape index (κ2) is 8.32. The van der Waals surface area contributed by atoms with E-state index in [2.05, 4.69) is 16.4 Å². The Labute approximate surface area is 175 Å². The van der Waals surface area contributed by atoms with Crippen LogP contribution in [0.15, 0.2) is 60.8 Å². The van der Waals surface area contributed by atoms with E-state index in [1.807, 2.05) is 54.7 Å². The molecule has 2 atom stereocenters. The Hall–Kier alpha value is -3.12. The van der Waals surface area contributed by atoms with Crippen molar-refractivity contribution >= 4 is 22.7 Å². The van der Waals surface area contributed by atoms with Gasteiger partial charge < -0.3 is 20.3 Å². The van der Waals surface area contributed by atoms with Gasteiger partial charge in [-0.05, 0) is 30.0 Å². The van der Waals surface area contributed by atoms with Gasteiger partial charge in [-0.1, -0.05) is 48.5 Å². The van der Waals surface area contributed by atoms with Gasteiger partial charge in [0.2, 0.25) is 11.8 Å². The molecule has 1 saturated heterocycles. The molecule has 0 aliphatic carbocycles. The third kappa shape index (κ3) is 3.83. The molecule has 1 aliphatic heterocycles. The van der Waals surface area contributed by atoms with Crippen LogP contribution in [-0.4, -0.2) is 46.0 Å². The molecule has 3 aromatic rings. The molecule has 6 heteroatoms. The van der Waals surface area contributed by atoms with Crippen molar-refractivity contribution in [2.75, 3.05) is 13.1 Å². The number of nitrogens with one attached hydrogen (secondary N) is 2. The number of rotatable bonds is 5. The number of carbonyl (C=O) groups excluding carboxylic acids is 2. The molecular weight excluding hydrogens is 378 g/mol. The standard InChI is InChI=1S/C24H27N3O3/c1-17(28)26-24(19-7-3-2-4-8-19)13-14-27(16-22(24)29)23(30)12-11-18-15-25-21-10-6-5-9-20(18)21/h2-10,15,22,25,29H,11-14,16H2,1H3,(H,26,28)/t22-,24-/m1/s1.